The normalized spacial score (nSPS) is 11.6. The van der Waals surface area contributed by atoms with Crippen LogP contribution >= 0.6 is 0 Å². The quantitative estimate of drug-likeness (QED) is 0.194. The summed E-state index contributed by atoms with van der Waals surface area (Å²) in [5.74, 6) is 0. The zero-order valence-corrected chi connectivity index (χ0v) is 20.0. The van der Waals surface area contributed by atoms with Crippen LogP contribution in [0.4, 0.5) is 0 Å². The predicted octanol–water partition coefficient (Wildman–Crippen LogP) is 6.92. The molecule has 0 radical (unpaired) electrons. The van der Waals surface area contributed by atoms with Crippen LogP contribution in [0.25, 0.3) is 43.4 Å². The molecule has 0 amide bonds. The molecule has 0 bridgehead atoms. The second-order valence-electron chi connectivity index (χ2n) is 9.58. The summed E-state index contributed by atoms with van der Waals surface area (Å²) in [6, 6.07) is 39.6. The van der Waals surface area contributed by atoms with Crippen LogP contribution in [0.15, 0.2) is 134 Å². The minimum atomic E-state index is 0.848. The van der Waals surface area contributed by atoms with Gasteiger partial charge in [0.05, 0.1) is 0 Å². The number of benzene rings is 5. The summed E-state index contributed by atoms with van der Waals surface area (Å²) in [6.07, 6.45) is 8.71. The molecule has 0 saturated carbocycles. The Morgan fingerprint density at radius 3 is 1.64 bits per heavy atom. The Balaban J connectivity index is 1.16. The average molecular weight is 463 g/mol. The lowest BCUT2D eigenvalue weighted by Gasteiger charge is -2.12. The maximum absolute atomic E-state index is 2.29. The van der Waals surface area contributed by atoms with Crippen LogP contribution in [0.3, 0.4) is 0 Å². The summed E-state index contributed by atoms with van der Waals surface area (Å²) < 4.78 is 4.49. The van der Waals surface area contributed by atoms with E-state index in [9.17, 15) is 0 Å². The highest BCUT2D eigenvalue weighted by molar-refractivity contribution is 6.23. The van der Waals surface area contributed by atoms with Gasteiger partial charge in [0.1, 0.15) is 0 Å². The lowest BCUT2D eigenvalue weighted by Crippen LogP contribution is -2.33. The van der Waals surface area contributed by atoms with Crippen molar-refractivity contribution < 1.29 is 9.13 Å². The van der Waals surface area contributed by atoms with Gasteiger partial charge in [-0.3, -0.25) is 0 Å². The van der Waals surface area contributed by atoms with E-state index in [4.69, 9.17) is 0 Å². The smallest absolute Gasteiger partial charge is 0.174 e. The molecule has 0 aliphatic rings. The van der Waals surface area contributed by atoms with Crippen molar-refractivity contribution in [2.24, 2.45) is 0 Å². The number of hydrogen-bond acceptors (Lipinski definition) is 0. The molecule has 2 heterocycles. The molecule has 7 aromatic rings. The van der Waals surface area contributed by atoms with Crippen LogP contribution in [-0.2, 0) is 13.1 Å². The zero-order chi connectivity index (χ0) is 23.9. The Kier molecular flexibility index (Phi) is 4.96. The molecular formula is C34H26N2+2. The van der Waals surface area contributed by atoms with E-state index in [1.165, 1.54) is 54.6 Å². The largest absolute Gasteiger partial charge is 0.201 e. The summed E-state index contributed by atoms with van der Waals surface area (Å²) in [5.41, 5.74) is 5.12. The second kappa shape index (κ2) is 8.58. The van der Waals surface area contributed by atoms with E-state index < -0.39 is 0 Å². The molecule has 0 spiro atoms. The van der Waals surface area contributed by atoms with Gasteiger partial charge in [-0.2, -0.15) is 0 Å². The van der Waals surface area contributed by atoms with E-state index in [0.717, 1.165) is 13.1 Å². The van der Waals surface area contributed by atoms with Crippen molar-refractivity contribution >= 4 is 32.3 Å². The number of nitrogens with zero attached hydrogens (tertiary/aromatic N) is 2. The highest BCUT2D eigenvalue weighted by Gasteiger charge is 2.13. The lowest BCUT2D eigenvalue weighted by molar-refractivity contribution is -0.688. The third-order valence-corrected chi connectivity index (χ3v) is 7.30. The Labute approximate surface area is 210 Å². The van der Waals surface area contributed by atoms with Crippen molar-refractivity contribution in [2.75, 3.05) is 0 Å². The summed E-state index contributed by atoms with van der Waals surface area (Å²) >= 11 is 0. The SMILES string of the molecule is c1ccc(C[n+]2ccc(-c3cc[n+](Cc4ccc5ccc6cccc7ccc4c5c67)cc3)cc2)cc1. The van der Waals surface area contributed by atoms with Crippen LogP contribution in [-0.4, -0.2) is 0 Å². The molecule has 5 aromatic carbocycles. The van der Waals surface area contributed by atoms with Crippen LogP contribution in [0.2, 0.25) is 0 Å². The van der Waals surface area contributed by atoms with E-state index >= 15 is 0 Å². The molecule has 0 fully saturated rings. The van der Waals surface area contributed by atoms with E-state index in [2.05, 4.69) is 143 Å². The summed E-state index contributed by atoms with van der Waals surface area (Å²) in [6.45, 7) is 1.73. The maximum atomic E-state index is 2.29. The van der Waals surface area contributed by atoms with Crippen molar-refractivity contribution in [2.45, 2.75) is 13.1 Å². The fraction of sp³-hybridized carbons (Fsp3) is 0.0588. The Hall–Kier alpha value is -4.56. The first-order valence-electron chi connectivity index (χ1n) is 12.5. The second-order valence-corrected chi connectivity index (χ2v) is 9.58. The average Bonchev–Trinajstić information content (AvgIpc) is 2.94. The fourth-order valence-corrected chi connectivity index (χ4v) is 5.43. The van der Waals surface area contributed by atoms with Crippen molar-refractivity contribution in [3.63, 3.8) is 0 Å². The van der Waals surface area contributed by atoms with Gasteiger partial charge in [0.25, 0.3) is 0 Å². The van der Waals surface area contributed by atoms with Gasteiger partial charge < -0.3 is 0 Å². The minimum Gasteiger partial charge on any atom is -0.201 e. The predicted molar refractivity (Wildman–Crippen MR) is 147 cm³/mol. The molecule has 2 heteroatoms. The Morgan fingerprint density at radius 1 is 0.417 bits per heavy atom. The van der Waals surface area contributed by atoms with Crippen LogP contribution in [0, 0.1) is 0 Å². The van der Waals surface area contributed by atoms with Gasteiger partial charge in [-0.05, 0) is 43.4 Å². The molecular weight excluding hydrogens is 436 g/mol. The van der Waals surface area contributed by atoms with E-state index in [1.807, 2.05) is 0 Å². The molecule has 2 aromatic heterocycles. The van der Waals surface area contributed by atoms with Crippen molar-refractivity contribution in [1.29, 1.82) is 0 Å². The monoisotopic (exact) mass is 462 g/mol. The van der Waals surface area contributed by atoms with E-state index in [0.29, 0.717) is 0 Å². The third-order valence-electron chi connectivity index (χ3n) is 7.30. The standard InChI is InChI=1S/C34H26N2/c1-2-5-25(6-3-1)23-35-19-15-26(16-20-35)27-17-21-36(22-18-27)24-31-12-11-30-10-9-28-7-4-8-29-13-14-32(31)34(30)33(28)29/h1-22H,23-24H2/q+2. The topological polar surface area (TPSA) is 7.76 Å². The Morgan fingerprint density at radius 2 is 0.972 bits per heavy atom. The summed E-state index contributed by atoms with van der Waals surface area (Å²) in [4.78, 5) is 0. The van der Waals surface area contributed by atoms with E-state index in [-0.39, 0.29) is 0 Å². The van der Waals surface area contributed by atoms with Crippen LogP contribution in [0.1, 0.15) is 11.1 Å². The minimum absolute atomic E-state index is 0.848. The van der Waals surface area contributed by atoms with Crippen molar-refractivity contribution in [1.82, 2.24) is 0 Å². The Bertz CT molecular complexity index is 1790. The number of aromatic nitrogens is 2. The lowest BCUT2D eigenvalue weighted by atomic mass is 9.92. The van der Waals surface area contributed by atoms with Gasteiger partial charge >= 0.3 is 0 Å². The number of pyridine rings is 2. The highest BCUT2D eigenvalue weighted by Crippen LogP contribution is 2.35. The third kappa shape index (κ3) is 3.68. The fourth-order valence-electron chi connectivity index (χ4n) is 5.43. The molecule has 0 saturated heterocycles. The van der Waals surface area contributed by atoms with Crippen LogP contribution < -0.4 is 9.13 Å². The van der Waals surface area contributed by atoms with Crippen molar-refractivity contribution in [3.05, 3.63) is 145 Å². The van der Waals surface area contributed by atoms with Gasteiger partial charge in [0, 0.05) is 35.4 Å². The van der Waals surface area contributed by atoms with E-state index in [1.54, 1.807) is 0 Å². The maximum Gasteiger partial charge on any atom is 0.174 e. The van der Waals surface area contributed by atoms with Gasteiger partial charge in [-0.15, -0.1) is 0 Å². The molecule has 0 atom stereocenters. The molecule has 170 valence electrons. The molecule has 36 heavy (non-hydrogen) atoms. The van der Waals surface area contributed by atoms with Gasteiger partial charge in [-0.1, -0.05) is 84.9 Å². The molecule has 0 N–H and O–H groups in total. The van der Waals surface area contributed by atoms with Gasteiger partial charge in [0.2, 0.25) is 0 Å². The first-order valence-corrected chi connectivity index (χ1v) is 12.5. The molecule has 2 nitrogen and oxygen atoms in total. The number of rotatable bonds is 5. The summed E-state index contributed by atoms with van der Waals surface area (Å²) in [7, 11) is 0. The van der Waals surface area contributed by atoms with Gasteiger partial charge in [-0.25, -0.2) is 9.13 Å². The van der Waals surface area contributed by atoms with Crippen molar-refractivity contribution in [3.8, 4) is 11.1 Å². The first kappa shape index (κ1) is 20.8. The van der Waals surface area contributed by atoms with Gasteiger partial charge in [0.15, 0.2) is 37.9 Å². The number of hydrogen-bond donors (Lipinski definition) is 0. The molecule has 0 aliphatic carbocycles. The molecule has 7 rings (SSSR count). The van der Waals surface area contributed by atoms with Crippen LogP contribution in [0.5, 0.6) is 0 Å². The zero-order valence-electron chi connectivity index (χ0n) is 20.0. The first-order chi connectivity index (χ1) is 17.8. The summed E-state index contributed by atoms with van der Waals surface area (Å²) in [5, 5.41) is 8.04. The molecule has 0 unspecified atom stereocenters. The molecule has 0 aliphatic heterocycles. The highest BCUT2D eigenvalue weighted by atomic mass is 14.9.